The van der Waals surface area contributed by atoms with E-state index in [2.05, 4.69) is 17.1 Å². The zero-order chi connectivity index (χ0) is 20.1. The number of nitrogens with one attached hydrogen (secondary N) is 1. The zero-order valence-corrected chi connectivity index (χ0v) is 16.3. The largest absolute Gasteiger partial charge is 0.372 e. The third-order valence-electron chi connectivity index (χ3n) is 5.12. The molecule has 2 aromatic rings. The van der Waals surface area contributed by atoms with Gasteiger partial charge in [0, 0.05) is 31.4 Å². The van der Waals surface area contributed by atoms with Crippen LogP contribution in [0.4, 0.5) is 21.5 Å². The number of rotatable bonds is 5. The molecule has 2 amide bonds. The Balaban J connectivity index is 1.62. The first-order valence-electron chi connectivity index (χ1n) is 9.61. The molecule has 0 atom stereocenters. The van der Waals surface area contributed by atoms with Crippen LogP contribution in [-0.2, 0) is 9.59 Å². The molecule has 0 radical (unpaired) electrons. The molecule has 3 rings (SSSR count). The number of carbonyl (C=O) groups is 2. The number of amides is 2. The van der Waals surface area contributed by atoms with E-state index in [4.69, 9.17) is 0 Å². The van der Waals surface area contributed by atoms with E-state index in [1.807, 2.05) is 24.3 Å². The molecule has 0 unspecified atom stereocenters. The van der Waals surface area contributed by atoms with E-state index in [9.17, 15) is 14.0 Å². The number of hydrogen-bond acceptors (Lipinski definition) is 3. The molecule has 1 saturated heterocycles. The van der Waals surface area contributed by atoms with Crippen molar-refractivity contribution in [1.29, 1.82) is 0 Å². The number of hydrogen-bond donors (Lipinski definition) is 1. The number of para-hydroxylation sites is 1. The standard InChI is InChI=1S/C22H26FN3O2/c1-16-11-13-25(14-12-16)19-9-7-18(8-10-19)24-22(28)15-26(17(2)27)21-6-4-3-5-20(21)23/h3-10,16H,11-15H2,1-2H3,(H,24,28). The van der Waals surface area contributed by atoms with Crippen molar-refractivity contribution in [3.05, 3.63) is 54.3 Å². The molecule has 5 nitrogen and oxygen atoms in total. The summed E-state index contributed by atoms with van der Waals surface area (Å²) in [5.41, 5.74) is 1.89. The zero-order valence-electron chi connectivity index (χ0n) is 16.3. The van der Waals surface area contributed by atoms with Gasteiger partial charge in [0.05, 0.1) is 5.69 Å². The van der Waals surface area contributed by atoms with Crippen LogP contribution in [0.3, 0.4) is 0 Å². The van der Waals surface area contributed by atoms with E-state index in [0.717, 1.165) is 29.6 Å². The number of halogens is 1. The Labute approximate surface area is 165 Å². The summed E-state index contributed by atoms with van der Waals surface area (Å²) >= 11 is 0. The fraction of sp³-hybridized carbons (Fsp3) is 0.364. The molecule has 148 valence electrons. The monoisotopic (exact) mass is 383 g/mol. The summed E-state index contributed by atoms with van der Waals surface area (Å²) in [4.78, 5) is 27.8. The van der Waals surface area contributed by atoms with Crippen LogP contribution in [0.15, 0.2) is 48.5 Å². The Hall–Kier alpha value is -2.89. The van der Waals surface area contributed by atoms with Gasteiger partial charge in [-0.2, -0.15) is 0 Å². The van der Waals surface area contributed by atoms with Crippen LogP contribution in [0.5, 0.6) is 0 Å². The van der Waals surface area contributed by atoms with Gasteiger partial charge in [0.15, 0.2) is 0 Å². The highest BCUT2D eigenvalue weighted by Crippen LogP contribution is 2.24. The minimum Gasteiger partial charge on any atom is -0.372 e. The molecule has 1 aliphatic heterocycles. The third kappa shape index (κ3) is 4.88. The Kier molecular flexibility index (Phi) is 6.29. The summed E-state index contributed by atoms with van der Waals surface area (Å²) in [6.45, 7) is 5.43. The van der Waals surface area contributed by atoms with Gasteiger partial charge >= 0.3 is 0 Å². The summed E-state index contributed by atoms with van der Waals surface area (Å²) in [6, 6.07) is 13.6. The van der Waals surface area contributed by atoms with Crippen molar-refractivity contribution in [1.82, 2.24) is 0 Å². The average molecular weight is 383 g/mol. The van der Waals surface area contributed by atoms with Gasteiger partial charge in [-0.3, -0.25) is 9.59 Å². The molecule has 1 aliphatic rings. The second-order valence-electron chi connectivity index (χ2n) is 7.32. The molecule has 2 aromatic carbocycles. The van der Waals surface area contributed by atoms with Gasteiger partial charge in [-0.1, -0.05) is 19.1 Å². The average Bonchev–Trinajstić information content (AvgIpc) is 2.68. The van der Waals surface area contributed by atoms with Crippen LogP contribution in [0.25, 0.3) is 0 Å². The SMILES string of the molecule is CC(=O)N(CC(=O)Nc1ccc(N2CCC(C)CC2)cc1)c1ccccc1F. The highest BCUT2D eigenvalue weighted by atomic mass is 19.1. The van der Waals surface area contributed by atoms with Gasteiger partial charge in [-0.15, -0.1) is 0 Å². The van der Waals surface area contributed by atoms with E-state index in [1.54, 1.807) is 12.1 Å². The van der Waals surface area contributed by atoms with Crippen LogP contribution in [0.2, 0.25) is 0 Å². The fourth-order valence-electron chi connectivity index (χ4n) is 3.40. The number of nitrogens with zero attached hydrogens (tertiary/aromatic N) is 2. The summed E-state index contributed by atoms with van der Waals surface area (Å²) < 4.78 is 14.0. The van der Waals surface area contributed by atoms with Crippen LogP contribution in [0, 0.1) is 11.7 Å². The molecular weight excluding hydrogens is 357 g/mol. The summed E-state index contributed by atoms with van der Waals surface area (Å²) in [5, 5.41) is 2.78. The third-order valence-corrected chi connectivity index (χ3v) is 5.12. The second kappa shape index (κ2) is 8.87. The molecule has 1 fully saturated rings. The lowest BCUT2D eigenvalue weighted by Gasteiger charge is -2.32. The van der Waals surface area contributed by atoms with Crippen molar-refractivity contribution in [2.24, 2.45) is 5.92 Å². The molecular formula is C22H26FN3O2. The first kappa shape index (κ1) is 19.9. The Morgan fingerprint density at radius 2 is 1.75 bits per heavy atom. The molecule has 0 spiro atoms. The maximum Gasteiger partial charge on any atom is 0.244 e. The van der Waals surface area contributed by atoms with Crippen LogP contribution in [0.1, 0.15) is 26.7 Å². The predicted molar refractivity (Wildman–Crippen MR) is 110 cm³/mol. The summed E-state index contributed by atoms with van der Waals surface area (Å²) in [5.74, 6) is -0.535. The van der Waals surface area contributed by atoms with E-state index in [1.165, 1.54) is 31.9 Å². The minimum atomic E-state index is -0.536. The van der Waals surface area contributed by atoms with Gasteiger partial charge in [0.25, 0.3) is 0 Å². The van der Waals surface area contributed by atoms with E-state index < -0.39 is 11.7 Å². The van der Waals surface area contributed by atoms with Crippen molar-refractivity contribution in [2.45, 2.75) is 26.7 Å². The van der Waals surface area contributed by atoms with Crippen LogP contribution in [-0.4, -0.2) is 31.4 Å². The van der Waals surface area contributed by atoms with Gasteiger partial charge < -0.3 is 15.1 Å². The van der Waals surface area contributed by atoms with E-state index in [0.29, 0.717) is 5.69 Å². The summed E-state index contributed by atoms with van der Waals surface area (Å²) in [7, 11) is 0. The summed E-state index contributed by atoms with van der Waals surface area (Å²) in [6.07, 6.45) is 2.38. The number of carbonyl (C=O) groups excluding carboxylic acids is 2. The van der Waals surface area contributed by atoms with Crippen LogP contribution >= 0.6 is 0 Å². The maximum atomic E-state index is 14.0. The van der Waals surface area contributed by atoms with Gasteiger partial charge in [0.2, 0.25) is 11.8 Å². The Morgan fingerprint density at radius 3 is 2.36 bits per heavy atom. The number of benzene rings is 2. The first-order chi connectivity index (χ1) is 13.4. The van der Waals surface area contributed by atoms with E-state index >= 15 is 0 Å². The molecule has 0 bridgehead atoms. The highest BCUT2D eigenvalue weighted by molar-refractivity contribution is 6.01. The van der Waals surface area contributed by atoms with Gasteiger partial charge in [-0.05, 0) is 55.2 Å². The Bertz CT molecular complexity index is 830. The molecule has 0 aliphatic carbocycles. The topological polar surface area (TPSA) is 52.7 Å². The lowest BCUT2D eigenvalue weighted by molar-refractivity contribution is -0.120. The second-order valence-corrected chi connectivity index (χ2v) is 7.32. The lowest BCUT2D eigenvalue weighted by Crippen LogP contribution is -2.37. The van der Waals surface area contributed by atoms with Crippen molar-refractivity contribution >= 4 is 28.9 Å². The lowest BCUT2D eigenvalue weighted by atomic mass is 9.99. The molecule has 0 saturated carbocycles. The molecule has 1 N–H and O–H groups in total. The van der Waals surface area contributed by atoms with Crippen molar-refractivity contribution in [2.75, 3.05) is 34.8 Å². The quantitative estimate of drug-likeness (QED) is 0.847. The maximum absolute atomic E-state index is 14.0. The van der Waals surface area contributed by atoms with Gasteiger partial charge in [-0.25, -0.2) is 4.39 Å². The minimum absolute atomic E-state index is 0.0971. The number of piperidine rings is 1. The van der Waals surface area contributed by atoms with Gasteiger partial charge in [0.1, 0.15) is 12.4 Å². The van der Waals surface area contributed by atoms with Crippen LogP contribution < -0.4 is 15.1 Å². The highest BCUT2D eigenvalue weighted by Gasteiger charge is 2.19. The van der Waals surface area contributed by atoms with Crippen molar-refractivity contribution in [3.8, 4) is 0 Å². The molecule has 6 heteroatoms. The van der Waals surface area contributed by atoms with Crippen molar-refractivity contribution in [3.63, 3.8) is 0 Å². The molecule has 28 heavy (non-hydrogen) atoms. The molecule has 0 aromatic heterocycles. The first-order valence-corrected chi connectivity index (χ1v) is 9.61. The smallest absolute Gasteiger partial charge is 0.244 e. The van der Waals surface area contributed by atoms with Crippen molar-refractivity contribution < 1.29 is 14.0 Å². The fourth-order valence-corrected chi connectivity index (χ4v) is 3.40. The number of anilines is 3. The normalized spacial score (nSPS) is 14.6. The molecule has 1 heterocycles. The predicted octanol–water partition coefficient (Wildman–Crippen LogP) is 4.05. The van der Waals surface area contributed by atoms with E-state index in [-0.39, 0.29) is 18.1 Å². The Morgan fingerprint density at radius 1 is 1.11 bits per heavy atom.